The van der Waals surface area contributed by atoms with E-state index in [2.05, 4.69) is 5.32 Å². The summed E-state index contributed by atoms with van der Waals surface area (Å²) in [5, 5.41) is 2.41. The summed E-state index contributed by atoms with van der Waals surface area (Å²) in [4.78, 5) is 12.6. The summed E-state index contributed by atoms with van der Waals surface area (Å²) in [6.07, 6.45) is -4.91. The second-order valence-electron chi connectivity index (χ2n) is 5.35. The molecule has 6 heteroatoms. The van der Waals surface area contributed by atoms with Gasteiger partial charge in [0, 0.05) is 12.7 Å². The highest BCUT2D eigenvalue weighted by Crippen LogP contribution is 2.42. The Morgan fingerprint density at radius 3 is 1.96 bits per heavy atom. The molecule has 128 valence electrons. The van der Waals surface area contributed by atoms with Crippen molar-refractivity contribution in [2.24, 2.45) is 0 Å². The highest BCUT2D eigenvalue weighted by Gasteiger charge is 2.62. The molecule has 0 spiro atoms. The van der Waals surface area contributed by atoms with Gasteiger partial charge in [0.25, 0.3) is 11.5 Å². The van der Waals surface area contributed by atoms with E-state index in [4.69, 9.17) is 4.74 Å². The van der Waals surface area contributed by atoms with Gasteiger partial charge in [0.2, 0.25) is 0 Å². The van der Waals surface area contributed by atoms with Crippen molar-refractivity contribution in [2.75, 3.05) is 7.11 Å². The topological polar surface area (TPSA) is 38.3 Å². The van der Waals surface area contributed by atoms with Gasteiger partial charge in [-0.25, -0.2) is 0 Å². The number of carbonyl (C=O) groups is 1. The van der Waals surface area contributed by atoms with E-state index >= 15 is 0 Å². The third-order valence-electron chi connectivity index (χ3n) is 3.85. The van der Waals surface area contributed by atoms with Gasteiger partial charge in [0.1, 0.15) is 0 Å². The molecule has 0 radical (unpaired) electrons. The summed E-state index contributed by atoms with van der Waals surface area (Å²) in [6, 6.07) is 15.1. The molecule has 1 amide bonds. The minimum atomic E-state index is -4.91. The van der Waals surface area contributed by atoms with Crippen LogP contribution in [0.2, 0.25) is 0 Å². The lowest BCUT2D eigenvalue weighted by atomic mass is 9.91. The summed E-state index contributed by atoms with van der Waals surface area (Å²) in [6.45, 7) is 1.62. The van der Waals surface area contributed by atoms with Crippen LogP contribution in [0.4, 0.5) is 13.2 Å². The van der Waals surface area contributed by atoms with Crippen LogP contribution in [-0.4, -0.2) is 19.2 Å². The van der Waals surface area contributed by atoms with Gasteiger partial charge in [-0.2, -0.15) is 13.2 Å². The molecule has 1 N–H and O–H groups in total. The maximum Gasteiger partial charge on any atom is 0.430 e. The summed E-state index contributed by atoms with van der Waals surface area (Å²) in [5.41, 5.74) is -2.62. The smallest absolute Gasteiger partial charge is 0.356 e. The van der Waals surface area contributed by atoms with Crippen molar-refractivity contribution < 1.29 is 22.7 Å². The van der Waals surface area contributed by atoms with Crippen LogP contribution in [0.15, 0.2) is 60.7 Å². The number of methoxy groups -OCH3 is 1. The molecule has 2 atom stereocenters. The van der Waals surface area contributed by atoms with Crippen LogP contribution >= 0.6 is 0 Å². The summed E-state index contributed by atoms with van der Waals surface area (Å²) in [7, 11) is 0.882. The van der Waals surface area contributed by atoms with E-state index in [1.807, 2.05) is 0 Å². The quantitative estimate of drug-likeness (QED) is 0.897. The highest BCUT2D eigenvalue weighted by molar-refractivity contribution is 5.88. The molecule has 3 nitrogen and oxygen atoms in total. The largest absolute Gasteiger partial charge is 0.430 e. The SMILES string of the molecule is CO[C@](C(=O)N[C@@H](C)c1ccccc1)(c1ccccc1)C(F)(F)F. The van der Waals surface area contributed by atoms with Crippen molar-refractivity contribution in [2.45, 2.75) is 24.7 Å². The zero-order valence-electron chi connectivity index (χ0n) is 13.3. The Labute approximate surface area is 138 Å². The molecule has 2 rings (SSSR count). The van der Waals surface area contributed by atoms with E-state index < -0.39 is 23.7 Å². The minimum Gasteiger partial charge on any atom is -0.356 e. The summed E-state index contributed by atoms with van der Waals surface area (Å²) in [5.74, 6) is -1.25. The van der Waals surface area contributed by atoms with Crippen molar-refractivity contribution in [3.63, 3.8) is 0 Å². The monoisotopic (exact) mass is 337 g/mol. The van der Waals surface area contributed by atoms with Gasteiger partial charge in [0.05, 0.1) is 6.04 Å². The third kappa shape index (κ3) is 3.28. The molecule has 0 aromatic heterocycles. The standard InChI is InChI=1S/C18H18F3NO2/c1-13(14-9-5-3-6-10-14)22-16(23)17(24-2,18(19,20)21)15-11-7-4-8-12-15/h3-13H,1-2H3,(H,22,23)/t13-,17-/m0/s1. The summed E-state index contributed by atoms with van der Waals surface area (Å²) < 4.78 is 46.1. The van der Waals surface area contributed by atoms with Crippen LogP contribution in [0, 0.1) is 0 Å². The number of hydrogen-bond donors (Lipinski definition) is 1. The molecule has 2 aromatic rings. The van der Waals surface area contributed by atoms with Gasteiger partial charge in [-0.05, 0) is 12.5 Å². The van der Waals surface area contributed by atoms with Gasteiger partial charge < -0.3 is 10.1 Å². The first-order valence-electron chi connectivity index (χ1n) is 7.36. The first kappa shape index (κ1) is 18.0. The van der Waals surface area contributed by atoms with E-state index in [-0.39, 0.29) is 5.56 Å². The molecular weight excluding hydrogens is 319 g/mol. The lowest BCUT2D eigenvalue weighted by molar-refractivity contribution is -0.266. The Kier molecular flexibility index (Phi) is 5.29. The van der Waals surface area contributed by atoms with Crippen LogP contribution in [0.5, 0.6) is 0 Å². The predicted molar refractivity (Wildman–Crippen MR) is 84.2 cm³/mol. The Morgan fingerprint density at radius 2 is 1.50 bits per heavy atom. The molecule has 24 heavy (non-hydrogen) atoms. The molecule has 0 aliphatic carbocycles. The first-order valence-corrected chi connectivity index (χ1v) is 7.36. The van der Waals surface area contributed by atoms with E-state index in [0.717, 1.165) is 7.11 Å². The van der Waals surface area contributed by atoms with Crippen LogP contribution < -0.4 is 5.32 Å². The van der Waals surface area contributed by atoms with Crippen LogP contribution in [0.3, 0.4) is 0 Å². The highest BCUT2D eigenvalue weighted by atomic mass is 19.4. The Balaban J connectivity index is 2.39. The molecule has 0 fully saturated rings. The molecular formula is C18H18F3NO2. The lowest BCUT2D eigenvalue weighted by Crippen LogP contribution is -2.56. The average Bonchev–Trinajstić information content (AvgIpc) is 2.56. The number of rotatable bonds is 5. The predicted octanol–water partition coefficient (Wildman–Crippen LogP) is 3.97. The zero-order chi connectivity index (χ0) is 17.8. The number of nitrogens with one attached hydrogen (secondary N) is 1. The normalized spacial score (nSPS) is 15.4. The van der Waals surface area contributed by atoms with E-state index in [1.54, 1.807) is 43.3 Å². The minimum absolute atomic E-state index is 0.266. The van der Waals surface area contributed by atoms with Crippen molar-refractivity contribution in [3.8, 4) is 0 Å². The van der Waals surface area contributed by atoms with Crippen molar-refractivity contribution in [1.29, 1.82) is 0 Å². The zero-order valence-corrected chi connectivity index (χ0v) is 13.3. The average molecular weight is 337 g/mol. The Hall–Kier alpha value is -2.34. The number of alkyl halides is 3. The molecule has 0 heterocycles. The summed E-state index contributed by atoms with van der Waals surface area (Å²) >= 11 is 0. The van der Waals surface area contributed by atoms with Gasteiger partial charge in [0.15, 0.2) is 0 Å². The first-order chi connectivity index (χ1) is 11.3. The van der Waals surface area contributed by atoms with E-state index in [9.17, 15) is 18.0 Å². The fraction of sp³-hybridized carbons (Fsp3) is 0.278. The molecule has 0 bridgehead atoms. The van der Waals surface area contributed by atoms with Crippen LogP contribution in [0.25, 0.3) is 0 Å². The van der Waals surface area contributed by atoms with Crippen LogP contribution in [-0.2, 0) is 15.1 Å². The van der Waals surface area contributed by atoms with E-state index in [1.165, 1.54) is 24.3 Å². The second kappa shape index (κ2) is 7.05. The van der Waals surface area contributed by atoms with Gasteiger partial charge in [-0.1, -0.05) is 60.7 Å². The lowest BCUT2D eigenvalue weighted by Gasteiger charge is -2.34. The molecule has 0 saturated carbocycles. The number of ether oxygens (including phenoxy) is 1. The van der Waals surface area contributed by atoms with Gasteiger partial charge in [-0.15, -0.1) is 0 Å². The molecule has 2 aromatic carbocycles. The molecule has 0 aliphatic rings. The second-order valence-corrected chi connectivity index (χ2v) is 5.35. The van der Waals surface area contributed by atoms with Crippen molar-refractivity contribution >= 4 is 5.91 Å². The number of benzene rings is 2. The van der Waals surface area contributed by atoms with Crippen LogP contribution in [0.1, 0.15) is 24.1 Å². The third-order valence-corrected chi connectivity index (χ3v) is 3.85. The molecule has 0 aliphatic heterocycles. The molecule has 0 unspecified atom stereocenters. The number of hydrogen-bond acceptors (Lipinski definition) is 2. The van der Waals surface area contributed by atoms with Crippen molar-refractivity contribution in [3.05, 3.63) is 71.8 Å². The fourth-order valence-electron chi connectivity index (χ4n) is 2.55. The maximum absolute atomic E-state index is 13.8. The van der Waals surface area contributed by atoms with Gasteiger partial charge in [-0.3, -0.25) is 4.79 Å². The molecule has 0 saturated heterocycles. The maximum atomic E-state index is 13.8. The Morgan fingerprint density at radius 1 is 1.00 bits per heavy atom. The van der Waals surface area contributed by atoms with Crippen molar-refractivity contribution in [1.82, 2.24) is 5.32 Å². The fourth-order valence-corrected chi connectivity index (χ4v) is 2.55. The number of halogens is 3. The van der Waals surface area contributed by atoms with E-state index in [0.29, 0.717) is 5.56 Å². The Bertz CT molecular complexity index is 674. The number of carbonyl (C=O) groups excluding carboxylic acids is 1. The number of amides is 1. The van der Waals surface area contributed by atoms with Gasteiger partial charge >= 0.3 is 6.18 Å².